The number of rotatable bonds is 5. The van der Waals surface area contributed by atoms with E-state index in [1.165, 1.54) is 5.56 Å². The summed E-state index contributed by atoms with van der Waals surface area (Å²) >= 11 is 6.41. The van der Waals surface area contributed by atoms with Crippen molar-refractivity contribution in [2.75, 3.05) is 19.6 Å². The molecule has 0 radical (unpaired) electrons. The van der Waals surface area contributed by atoms with Gasteiger partial charge in [-0.25, -0.2) is 0 Å². The summed E-state index contributed by atoms with van der Waals surface area (Å²) in [5.74, 6) is 1.37. The number of aromatic nitrogens is 2. The van der Waals surface area contributed by atoms with Gasteiger partial charge < -0.3 is 9.84 Å². The van der Waals surface area contributed by atoms with Crippen LogP contribution in [0.15, 0.2) is 59.1 Å². The van der Waals surface area contributed by atoms with E-state index in [-0.39, 0.29) is 18.4 Å². The van der Waals surface area contributed by atoms with Gasteiger partial charge in [-0.2, -0.15) is 4.98 Å². The lowest BCUT2D eigenvalue weighted by atomic mass is 10.0. The third-order valence-electron chi connectivity index (χ3n) is 4.67. The fourth-order valence-electron chi connectivity index (χ4n) is 3.37. The predicted molar refractivity (Wildman–Crippen MR) is 108 cm³/mol. The molecular formula is C20H22Cl2N4O. The first-order chi connectivity index (χ1) is 12.8. The number of hydrogen-bond acceptors (Lipinski definition) is 5. The van der Waals surface area contributed by atoms with Crippen LogP contribution in [0.5, 0.6) is 0 Å². The fourth-order valence-corrected chi connectivity index (χ4v) is 3.63. The predicted octanol–water partition coefficient (Wildman–Crippen LogP) is 3.88. The van der Waals surface area contributed by atoms with Crippen molar-refractivity contribution >= 4 is 24.0 Å². The Bertz CT molecular complexity index is 856. The summed E-state index contributed by atoms with van der Waals surface area (Å²) in [7, 11) is 0. The highest BCUT2D eigenvalue weighted by Crippen LogP contribution is 2.29. The maximum atomic E-state index is 6.41. The van der Waals surface area contributed by atoms with E-state index in [0.29, 0.717) is 18.9 Å². The lowest BCUT2D eigenvalue weighted by Crippen LogP contribution is -2.45. The van der Waals surface area contributed by atoms with Gasteiger partial charge >= 0.3 is 0 Å². The van der Waals surface area contributed by atoms with Crippen molar-refractivity contribution < 1.29 is 4.52 Å². The van der Waals surface area contributed by atoms with Gasteiger partial charge in [0.1, 0.15) is 0 Å². The minimum atomic E-state index is 0. The molecule has 0 amide bonds. The monoisotopic (exact) mass is 404 g/mol. The molecule has 0 aliphatic carbocycles. The maximum Gasteiger partial charge on any atom is 0.240 e. The summed E-state index contributed by atoms with van der Waals surface area (Å²) in [5, 5.41) is 8.38. The molecule has 1 atom stereocenters. The lowest BCUT2D eigenvalue weighted by molar-refractivity contribution is 0.135. The first kappa shape index (κ1) is 19.8. The Kier molecular flexibility index (Phi) is 6.85. The molecule has 4 rings (SSSR count). The van der Waals surface area contributed by atoms with E-state index < -0.39 is 0 Å². The van der Waals surface area contributed by atoms with Crippen molar-refractivity contribution in [2.24, 2.45) is 0 Å². The molecule has 1 saturated heterocycles. The van der Waals surface area contributed by atoms with E-state index in [1.54, 1.807) is 0 Å². The highest BCUT2D eigenvalue weighted by molar-refractivity contribution is 6.31. The molecule has 5 nitrogen and oxygen atoms in total. The van der Waals surface area contributed by atoms with Gasteiger partial charge in [-0.15, -0.1) is 12.4 Å². The van der Waals surface area contributed by atoms with Gasteiger partial charge in [-0.3, -0.25) is 4.90 Å². The smallest absolute Gasteiger partial charge is 0.240 e. The maximum absolute atomic E-state index is 6.41. The molecule has 1 unspecified atom stereocenters. The van der Waals surface area contributed by atoms with E-state index in [9.17, 15) is 0 Å². The Morgan fingerprint density at radius 1 is 1.11 bits per heavy atom. The van der Waals surface area contributed by atoms with Gasteiger partial charge in [0.15, 0.2) is 5.82 Å². The van der Waals surface area contributed by atoms with Crippen LogP contribution in [0, 0.1) is 0 Å². The van der Waals surface area contributed by atoms with Crippen molar-refractivity contribution in [1.29, 1.82) is 0 Å². The van der Waals surface area contributed by atoms with E-state index in [0.717, 1.165) is 36.0 Å². The molecule has 0 spiro atoms. The number of piperazine rings is 1. The highest BCUT2D eigenvalue weighted by Gasteiger charge is 2.27. The average molecular weight is 405 g/mol. The summed E-state index contributed by atoms with van der Waals surface area (Å²) in [4.78, 5) is 6.92. The van der Waals surface area contributed by atoms with Gasteiger partial charge in [0.05, 0.1) is 6.54 Å². The van der Waals surface area contributed by atoms with Crippen LogP contribution in [0.25, 0.3) is 0 Å². The Labute approximate surface area is 170 Å². The summed E-state index contributed by atoms with van der Waals surface area (Å²) in [6, 6.07) is 18.4. The van der Waals surface area contributed by atoms with Crippen molar-refractivity contribution in [2.45, 2.75) is 19.0 Å². The molecular weight excluding hydrogens is 383 g/mol. The van der Waals surface area contributed by atoms with Gasteiger partial charge in [0, 0.05) is 37.1 Å². The van der Waals surface area contributed by atoms with Crippen LogP contribution in [0.4, 0.5) is 0 Å². The molecule has 1 fully saturated rings. The summed E-state index contributed by atoms with van der Waals surface area (Å²) in [6.07, 6.45) is 0.680. The molecule has 7 heteroatoms. The van der Waals surface area contributed by atoms with Crippen molar-refractivity contribution in [1.82, 2.24) is 20.4 Å². The molecule has 27 heavy (non-hydrogen) atoms. The minimum absolute atomic E-state index is 0. The number of nitrogens with zero attached hydrogens (tertiary/aromatic N) is 3. The van der Waals surface area contributed by atoms with E-state index in [1.807, 2.05) is 36.4 Å². The molecule has 0 bridgehead atoms. The quantitative estimate of drug-likeness (QED) is 0.698. The number of hydrogen-bond donors (Lipinski definition) is 1. The van der Waals surface area contributed by atoms with Gasteiger partial charge in [0.2, 0.25) is 5.89 Å². The second-order valence-electron chi connectivity index (χ2n) is 6.48. The number of benzene rings is 2. The Balaban J connectivity index is 0.00000210. The summed E-state index contributed by atoms with van der Waals surface area (Å²) in [5.41, 5.74) is 2.31. The zero-order chi connectivity index (χ0) is 17.8. The first-order valence-electron chi connectivity index (χ1n) is 8.84. The van der Waals surface area contributed by atoms with Crippen LogP contribution in [-0.4, -0.2) is 34.7 Å². The molecule has 2 aromatic carbocycles. The molecule has 0 saturated carbocycles. The third-order valence-corrected chi connectivity index (χ3v) is 5.02. The van der Waals surface area contributed by atoms with Crippen LogP contribution in [0.2, 0.25) is 5.02 Å². The average Bonchev–Trinajstić information content (AvgIpc) is 3.10. The van der Waals surface area contributed by atoms with E-state index >= 15 is 0 Å². The second-order valence-corrected chi connectivity index (χ2v) is 6.89. The Morgan fingerprint density at radius 2 is 1.89 bits per heavy atom. The molecule has 2 heterocycles. The topological polar surface area (TPSA) is 54.2 Å². The molecule has 1 N–H and O–H groups in total. The van der Waals surface area contributed by atoms with Crippen LogP contribution in [0.1, 0.15) is 28.9 Å². The SMILES string of the molecule is Cl.Clc1ccccc1C1CNCCN1Cc1nc(Cc2ccccc2)no1. The molecule has 1 aliphatic rings. The number of halogens is 2. The first-order valence-corrected chi connectivity index (χ1v) is 9.22. The van der Waals surface area contributed by atoms with Crippen LogP contribution >= 0.6 is 24.0 Å². The highest BCUT2D eigenvalue weighted by atomic mass is 35.5. The van der Waals surface area contributed by atoms with Gasteiger partial charge in [-0.1, -0.05) is 65.3 Å². The zero-order valence-electron chi connectivity index (χ0n) is 14.8. The van der Waals surface area contributed by atoms with Crippen molar-refractivity contribution in [3.8, 4) is 0 Å². The van der Waals surface area contributed by atoms with Crippen molar-refractivity contribution in [3.05, 3.63) is 82.5 Å². The van der Waals surface area contributed by atoms with Crippen LogP contribution in [-0.2, 0) is 13.0 Å². The van der Waals surface area contributed by atoms with E-state index in [4.69, 9.17) is 16.1 Å². The Hall–Kier alpha value is -1.92. The Morgan fingerprint density at radius 3 is 2.70 bits per heavy atom. The largest absolute Gasteiger partial charge is 0.338 e. The minimum Gasteiger partial charge on any atom is -0.338 e. The molecule has 1 aliphatic heterocycles. The summed E-state index contributed by atoms with van der Waals surface area (Å²) < 4.78 is 5.50. The molecule has 1 aromatic heterocycles. The van der Waals surface area contributed by atoms with Crippen LogP contribution < -0.4 is 5.32 Å². The third kappa shape index (κ3) is 4.87. The molecule has 142 valence electrons. The van der Waals surface area contributed by atoms with Gasteiger partial charge in [-0.05, 0) is 17.2 Å². The second kappa shape index (κ2) is 9.33. The normalized spacial score (nSPS) is 17.4. The number of nitrogens with one attached hydrogen (secondary N) is 1. The molecule has 3 aromatic rings. The zero-order valence-corrected chi connectivity index (χ0v) is 16.4. The van der Waals surface area contributed by atoms with Crippen molar-refractivity contribution in [3.63, 3.8) is 0 Å². The van der Waals surface area contributed by atoms with Crippen LogP contribution in [0.3, 0.4) is 0 Å². The summed E-state index contributed by atoms with van der Waals surface area (Å²) in [6.45, 7) is 3.33. The fraction of sp³-hybridized carbons (Fsp3) is 0.300. The lowest BCUT2D eigenvalue weighted by Gasteiger charge is -2.35. The van der Waals surface area contributed by atoms with E-state index in [2.05, 4.69) is 38.6 Å². The standard InChI is InChI=1S/C20H21ClN4O.ClH/c21-17-9-5-4-8-16(17)18-13-22-10-11-25(18)14-20-23-19(24-26-20)12-15-6-2-1-3-7-15;/h1-9,18,22H,10-14H2;1H. The van der Waals surface area contributed by atoms with Gasteiger partial charge in [0.25, 0.3) is 0 Å².